The van der Waals surface area contributed by atoms with Crippen LogP contribution in [-0.4, -0.2) is 41.0 Å². The molecule has 1 fully saturated rings. The molecule has 0 bridgehead atoms. The van der Waals surface area contributed by atoms with Crippen LogP contribution in [0, 0.1) is 0 Å². The number of aliphatic hydroxyl groups excluding tert-OH is 1. The number of methoxy groups -OCH3 is 1. The van der Waals surface area contributed by atoms with Crippen molar-refractivity contribution in [2.75, 3.05) is 20.3 Å². The van der Waals surface area contributed by atoms with Crippen LogP contribution in [-0.2, 0) is 9.47 Å². The van der Waals surface area contributed by atoms with Crippen LogP contribution in [0.4, 0.5) is 0 Å². The maximum atomic E-state index is 10.3. The summed E-state index contributed by atoms with van der Waals surface area (Å²) < 4.78 is 10.8. The van der Waals surface area contributed by atoms with E-state index in [0.717, 1.165) is 0 Å². The van der Waals surface area contributed by atoms with Crippen molar-refractivity contribution in [1.29, 1.82) is 0 Å². The van der Waals surface area contributed by atoms with Crippen molar-refractivity contribution in [2.24, 2.45) is 0 Å². The average Bonchev–Trinajstić information content (AvgIpc) is 2.39. The van der Waals surface area contributed by atoms with Gasteiger partial charge in [-0.15, -0.1) is 0 Å². The smallest absolute Gasteiger partial charge is 0.126 e. The third-order valence-corrected chi connectivity index (χ3v) is 3.11. The van der Waals surface area contributed by atoms with E-state index in [0.29, 0.717) is 31.7 Å². The van der Waals surface area contributed by atoms with E-state index in [4.69, 9.17) is 9.47 Å². The lowest BCUT2D eigenvalue weighted by atomic mass is 9.86. The minimum atomic E-state index is -0.755. The fourth-order valence-electron chi connectivity index (χ4n) is 2.03. The highest BCUT2D eigenvalue weighted by atomic mass is 16.5. The molecule has 1 aromatic rings. The molecule has 1 saturated heterocycles. The number of ether oxygens (including phenoxy) is 2. The maximum absolute atomic E-state index is 10.3. The zero-order valence-electron chi connectivity index (χ0n) is 9.30. The van der Waals surface area contributed by atoms with Gasteiger partial charge in [0.1, 0.15) is 11.7 Å². The van der Waals surface area contributed by atoms with Gasteiger partial charge in [-0.05, 0) is 0 Å². The highest BCUT2D eigenvalue weighted by molar-refractivity contribution is 5.07. The Kier molecular flexibility index (Phi) is 3.48. The lowest BCUT2D eigenvalue weighted by Crippen LogP contribution is -2.44. The molecule has 0 radical (unpaired) electrons. The lowest BCUT2D eigenvalue weighted by molar-refractivity contribution is -0.155. The second kappa shape index (κ2) is 4.86. The first kappa shape index (κ1) is 11.4. The van der Waals surface area contributed by atoms with Gasteiger partial charge in [-0.25, -0.2) is 0 Å². The van der Waals surface area contributed by atoms with Crippen molar-refractivity contribution in [3.63, 3.8) is 0 Å². The molecule has 0 spiro atoms. The molecule has 0 saturated carbocycles. The zero-order chi connectivity index (χ0) is 11.4. The van der Waals surface area contributed by atoms with Gasteiger partial charge >= 0.3 is 0 Å². The number of aliphatic hydroxyl groups is 1. The zero-order valence-corrected chi connectivity index (χ0v) is 9.30. The van der Waals surface area contributed by atoms with E-state index in [1.807, 2.05) is 0 Å². The van der Waals surface area contributed by atoms with Crippen LogP contribution in [0.25, 0.3) is 0 Å². The lowest BCUT2D eigenvalue weighted by Gasteiger charge is -2.39. The largest absolute Gasteiger partial charge is 0.384 e. The Morgan fingerprint density at radius 3 is 2.75 bits per heavy atom. The van der Waals surface area contributed by atoms with E-state index >= 15 is 0 Å². The molecule has 1 N–H and O–H groups in total. The van der Waals surface area contributed by atoms with Crippen molar-refractivity contribution in [3.8, 4) is 0 Å². The van der Waals surface area contributed by atoms with Gasteiger partial charge in [-0.1, -0.05) is 0 Å². The number of nitrogens with zero attached hydrogens (tertiary/aromatic N) is 2. The number of hydrogen-bond donors (Lipinski definition) is 1. The Morgan fingerprint density at radius 1 is 1.44 bits per heavy atom. The van der Waals surface area contributed by atoms with Crippen LogP contribution in [0.15, 0.2) is 18.6 Å². The van der Waals surface area contributed by atoms with E-state index < -0.39 is 11.7 Å². The summed E-state index contributed by atoms with van der Waals surface area (Å²) in [6, 6.07) is 0. The molecule has 1 unspecified atom stereocenters. The third-order valence-electron chi connectivity index (χ3n) is 3.11. The van der Waals surface area contributed by atoms with E-state index in [9.17, 15) is 5.11 Å². The molecule has 16 heavy (non-hydrogen) atoms. The molecule has 88 valence electrons. The summed E-state index contributed by atoms with van der Waals surface area (Å²) in [6.07, 6.45) is 5.31. The molecule has 0 aliphatic carbocycles. The van der Waals surface area contributed by atoms with Crippen LogP contribution < -0.4 is 0 Å². The fraction of sp³-hybridized carbons (Fsp3) is 0.636. The normalized spacial score (nSPS) is 21.6. The molecule has 2 heterocycles. The van der Waals surface area contributed by atoms with Crippen LogP contribution in [0.1, 0.15) is 24.6 Å². The van der Waals surface area contributed by atoms with E-state index in [2.05, 4.69) is 9.97 Å². The summed E-state index contributed by atoms with van der Waals surface area (Å²) in [6.45, 7) is 1.20. The van der Waals surface area contributed by atoms with Crippen molar-refractivity contribution in [2.45, 2.75) is 24.5 Å². The molecule has 1 aliphatic heterocycles. The summed E-state index contributed by atoms with van der Waals surface area (Å²) >= 11 is 0. The summed E-state index contributed by atoms with van der Waals surface area (Å²) in [5, 5.41) is 10.3. The highest BCUT2D eigenvalue weighted by Gasteiger charge is 2.41. The molecule has 5 heteroatoms. The maximum Gasteiger partial charge on any atom is 0.126 e. The molecule has 1 aliphatic rings. The average molecular weight is 224 g/mol. The minimum absolute atomic E-state index is 0.547. The Bertz CT molecular complexity index is 325. The van der Waals surface area contributed by atoms with E-state index in [-0.39, 0.29) is 0 Å². The SMILES string of the molecule is COC1(C(O)c2cnccn2)CCOCC1. The molecular weight excluding hydrogens is 208 g/mol. The first-order valence-corrected chi connectivity index (χ1v) is 5.35. The van der Waals surface area contributed by atoms with Crippen molar-refractivity contribution < 1.29 is 14.6 Å². The van der Waals surface area contributed by atoms with Crippen LogP contribution in [0.2, 0.25) is 0 Å². The van der Waals surface area contributed by atoms with Gasteiger partial charge in [0.2, 0.25) is 0 Å². The summed E-state index contributed by atoms with van der Waals surface area (Å²) in [4.78, 5) is 8.07. The van der Waals surface area contributed by atoms with Crippen molar-refractivity contribution in [3.05, 3.63) is 24.3 Å². The number of hydrogen-bond acceptors (Lipinski definition) is 5. The fourth-order valence-corrected chi connectivity index (χ4v) is 2.03. The van der Waals surface area contributed by atoms with E-state index in [1.165, 1.54) is 0 Å². The summed E-state index contributed by atoms with van der Waals surface area (Å²) in [7, 11) is 1.62. The molecular formula is C11H16N2O3. The Hall–Kier alpha value is -1.04. The minimum Gasteiger partial charge on any atom is -0.384 e. The molecule has 2 rings (SSSR count). The number of rotatable bonds is 3. The predicted molar refractivity (Wildman–Crippen MR) is 56.8 cm³/mol. The van der Waals surface area contributed by atoms with Gasteiger partial charge in [-0.3, -0.25) is 9.97 Å². The molecule has 0 aromatic carbocycles. The topological polar surface area (TPSA) is 64.5 Å². The van der Waals surface area contributed by atoms with Crippen molar-refractivity contribution in [1.82, 2.24) is 9.97 Å². The van der Waals surface area contributed by atoms with Gasteiger partial charge in [0.25, 0.3) is 0 Å². The predicted octanol–water partition coefficient (Wildman–Crippen LogP) is 0.706. The second-order valence-electron chi connectivity index (χ2n) is 3.91. The van der Waals surface area contributed by atoms with Gasteiger partial charge < -0.3 is 14.6 Å². The van der Waals surface area contributed by atoms with Gasteiger partial charge in [-0.2, -0.15) is 0 Å². The van der Waals surface area contributed by atoms with Crippen LogP contribution in [0.3, 0.4) is 0 Å². The van der Waals surface area contributed by atoms with Gasteiger partial charge in [0.05, 0.1) is 11.9 Å². The molecule has 5 nitrogen and oxygen atoms in total. The third kappa shape index (κ3) is 2.07. The highest BCUT2D eigenvalue weighted by Crippen LogP contribution is 2.36. The van der Waals surface area contributed by atoms with Crippen LogP contribution >= 0.6 is 0 Å². The second-order valence-corrected chi connectivity index (χ2v) is 3.91. The molecule has 1 atom stereocenters. The first-order valence-electron chi connectivity index (χ1n) is 5.35. The monoisotopic (exact) mass is 224 g/mol. The standard InChI is InChI=1S/C11H16N2O3/c1-15-11(2-6-16-7-3-11)10(14)9-8-12-4-5-13-9/h4-5,8,10,14H,2-3,6-7H2,1H3. The summed E-state index contributed by atoms with van der Waals surface area (Å²) in [5.74, 6) is 0. The van der Waals surface area contributed by atoms with Gasteiger partial charge in [0, 0.05) is 45.6 Å². The van der Waals surface area contributed by atoms with Crippen molar-refractivity contribution >= 4 is 0 Å². The first-order chi connectivity index (χ1) is 7.78. The Morgan fingerprint density at radius 2 is 2.19 bits per heavy atom. The van der Waals surface area contributed by atoms with E-state index in [1.54, 1.807) is 25.7 Å². The Labute approximate surface area is 94.4 Å². The molecule has 0 amide bonds. The molecule has 1 aromatic heterocycles. The summed E-state index contributed by atoms with van der Waals surface area (Å²) in [5.41, 5.74) is -0.0416. The Balaban J connectivity index is 2.20. The van der Waals surface area contributed by atoms with Crippen LogP contribution in [0.5, 0.6) is 0 Å². The quantitative estimate of drug-likeness (QED) is 0.819. The van der Waals surface area contributed by atoms with Gasteiger partial charge in [0.15, 0.2) is 0 Å². The number of aromatic nitrogens is 2.